The molecule has 0 amide bonds. The molecule has 16 heteroatoms. The number of nitriles is 1. The van der Waals surface area contributed by atoms with Gasteiger partial charge in [-0.05, 0) is 324 Å². The fraction of sp³-hybridized carbons (Fsp3) is 0.424. The Balaban J connectivity index is 0.000000168. The Morgan fingerprint density at radius 3 is 1.43 bits per heavy atom. The minimum Gasteiger partial charge on any atom is -0.488 e. The number of rotatable bonds is 8. The molecule has 1 heterocycles. The van der Waals surface area contributed by atoms with E-state index in [1.54, 1.807) is 84.9 Å². The van der Waals surface area contributed by atoms with Gasteiger partial charge in [0, 0.05) is 46.3 Å². The molecule has 0 aliphatic heterocycles. The molecular formula is C99H119F7N2O7. The summed E-state index contributed by atoms with van der Waals surface area (Å²) in [4.78, 5) is 0. The molecule has 0 spiro atoms. The summed E-state index contributed by atoms with van der Waals surface area (Å²) >= 11 is 0. The number of allylic oxidation sites excluding steroid dienone is 7. The zero-order valence-electron chi connectivity index (χ0n) is 73.0. The Labute approximate surface area is 679 Å². The molecule has 9 nitrogen and oxygen atoms in total. The molecule has 0 bridgehead atoms. The molecule has 6 aliphatic rings. The Bertz CT molecular complexity index is 5180. The molecule has 8 aromatic rings. The highest BCUT2D eigenvalue weighted by atomic mass is 19.2. The molecule has 0 fully saturated rings. The average molecular weight is 1580 g/mol. The Hall–Kier alpha value is -9.88. The van der Waals surface area contributed by atoms with Crippen molar-refractivity contribution in [3.05, 3.63) is 238 Å². The maximum absolute atomic E-state index is 14.2. The van der Waals surface area contributed by atoms with Gasteiger partial charge in [0.1, 0.15) is 73.9 Å². The number of fused-ring (bicyclic) bond motifs is 7. The standard InChI is InChI=1S/C15H19FO.C15H17NO.C15H20O.C14H18FNO.C14H17FO.2C13H14F2O/c1-5-10-8-11-6-7-13(17-15(2,3)4)14(16)12(11)9-10;1-10-7-11-5-6-14(17-15(2,3)4)13(9-16)12(11)8-10;1-10-8-12-6-7-14(16-15(3,4)5)11(2)13(12)9-10;1-9-13(15)11-8-10(17-14(2,3)4)6-7-12(11)16(9)5;1-9-5-6-10-7-8-11(13(15)12(9)10)16-14(2,3)4;1-13(2,3)16-11-7-10(14)8-5-4-6-9(8)12(11)15;1-13(2,3)16-12-10(14)7-8-5-4-6-9(8)11(12)15/h6-7,9H,5,8H2,1-4H3;5-6,8H,7H2,1-4H3;6-7,9H,8H2,1-5H3;6-8H,1-5H3;5,7-8H,6H2,1-4H3;2*4,6-7H,5H2,1-3H3. The number of hydrogen-bond acceptors (Lipinski definition) is 8. The van der Waals surface area contributed by atoms with Crippen molar-refractivity contribution in [2.45, 2.75) is 271 Å². The van der Waals surface area contributed by atoms with Crippen LogP contribution in [0.2, 0.25) is 0 Å². The zero-order valence-corrected chi connectivity index (χ0v) is 73.0. The maximum Gasteiger partial charge on any atom is 0.192 e. The van der Waals surface area contributed by atoms with Crippen molar-refractivity contribution in [1.29, 1.82) is 5.26 Å². The molecule has 14 rings (SSSR count). The molecular weight excluding hydrogens is 1460 g/mol. The molecule has 6 aliphatic carbocycles. The lowest BCUT2D eigenvalue weighted by molar-refractivity contribution is 0.117. The van der Waals surface area contributed by atoms with Gasteiger partial charge in [-0.1, -0.05) is 96.5 Å². The average Bonchev–Trinajstić information content (AvgIpc) is 1.60. The molecule has 115 heavy (non-hydrogen) atoms. The van der Waals surface area contributed by atoms with E-state index in [0.717, 1.165) is 77.3 Å². The predicted octanol–water partition coefficient (Wildman–Crippen LogP) is 27.4. The van der Waals surface area contributed by atoms with Crippen LogP contribution in [0.4, 0.5) is 30.7 Å². The van der Waals surface area contributed by atoms with Crippen molar-refractivity contribution >= 4 is 46.9 Å². The first-order chi connectivity index (χ1) is 53.1. The lowest BCUT2D eigenvalue weighted by Crippen LogP contribution is -2.24. The molecule has 616 valence electrons. The van der Waals surface area contributed by atoms with Crippen LogP contribution in [0.3, 0.4) is 0 Å². The number of aromatic nitrogens is 1. The summed E-state index contributed by atoms with van der Waals surface area (Å²) in [6.45, 7) is 52.6. The SMILES string of the molecule is CC(C)(C)Oc1c(F)cc2c(c1F)C=CC2.CC(C)(C)Oc1cc(F)c2c(c1F)C=CC2.CC1=CCc2ccc(OC(C)(C)C)c(F)c21.CC1=Cc2c(ccc(OC(C)(C)C)c2C#N)C1.CC1=Cc2c(ccc(OC(C)(C)C)c2C)C1.CCC1=Cc2c(ccc(OC(C)(C)C)c2F)C1.Cc1c(F)c2cc(OC(C)(C)C)ccc2n1C. The van der Waals surface area contributed by atoms with Crippen LogP contribution >= 0.6 is 0 Å². The second-order valence-electron chi connectivity index (χ2n) is 37.0. The van der Waals surface area contributed by atoms with Gasteiger partial charge in [-0.15, -0.1) is 0 Å². The Morgan fingerprint density at radius 2 is 0.878 bits per heavy atom. The van der Waals surface area contributed by atoms with Crippen molar-refractivity contribution < 1.29 is 63.9 Å². The van der Waals surface area contributed by atoms with E-state index in [0.29, 0.717) is 80.3 Å². The molecule has 0 N–H and O–H groups in total. The van der Waals surface area contributed by atoms with Gasteiger partial charge in [0.05, 0.1) is 11.2 Å². The largest absolute Gasteiger partial charge is 0.488 e. The summed E-state index contributed by atoms with van der Waals surface area (Å²) in [7, 11) is 1.87. The topological polar surface area (TPSA) is 93.3 Å². The van der Waals surface area contributed by atoms with Crippen LogP contribution in [0, 0.1) is 65.9 Å². The van der Waals surface area contributed by atoms with Crippen molar-refractivity contribution in [2.24, 2.45) is 7.05 Å². The van der Waals surface area contributed by atoms with Gasteiger partial charge in [-0.2, -0.15) is 5.26 Å². The van der Waals surface area contributed by atoms with Crippen LogP contribution in [-0.4, -0.2) is 43.8 Å². The molecule has 0 saturated carbocycles. The van der Waals surface area contributed by atoms with Crippen molar-refractivity contribution in [3.63, 3.8) is 0 Å². The smallest absolute Gasteiger partial charge is 0.192 e. The van der Waals surface area contributed by atoms with E-state index in [1.165, 1.54) is 45.0 Å². The third-order valence-electron chi connectivity index (χ3n) is 18.5. The van der Waals surface area contributed by atoms with Gasteiger partial charge in [-0.25, -0.2) is 30.7 Å². The number of ether oxygens (including phenoxy) is 7. The third-order valence-corrected chi connectivity index (χ3v) is 18.5. The third kappa shape index (κ3) is 24.4. The highest BCUT2D eigenvalue weighted by Gasteiger charge is 2.30. The summed E-state index contributed by atoms with van der Waals surface area (Å²) in [6.07, 6.45) is 20.9. The predicted molar refractivity (Wildman–Crippen MR) is 458 cm³/mol. The molecule has 1 aromatic heterocycles. The number of hydrogen-bond donors (Lipinski definition) is 0. The Kier molecular flexibility index (Phi) is 28.1. The monoisotopic (exact) mass is 1580 g/mol. The fourth-order valence-corrected chi connectivity index (χ4v) is 13.7. The molecule has 0 atom stereocenters. The van der Waals surface area contributed by atoms with Crippen LogP contribution < -0.4 is 33.2 Å². The molecule has 0 unspecified atom stereocenters. The summed E-state index contributed by atoms with van der Waals surface area (Å²) in [5.74, 6) is 0.0888. The summed E-state index contributed by atoms with van der Waals surface area (Å²) in [6, 6.07) is 25.9. The fourth-order valence-electron chi connectivity index (χ4n) is 13.7. The minimum atomic E-state index is -0.630. The highest BCUT2D eigenvalue weighted by Crippen LogP contribution is 2.42. The van der Waals surface area contributed by atoms with Crippen LogP contribution in [0.5, 0.6) is 40.2 Å². The first kappa shape index (κ1) is 90.7. The van der Waals surface area contributed by atoms with Crippen LogP contribution in [0.1, 0.15) is 263 Å². The lowest BCUT2D eigenvalue weighted by atomic mass is 10.0. The zero-order chi connectivity index (χ0) is 85.7. The molecule has 0 radical (unpaired) electrons. The van der Waals surface area contributed by atoms with Crippen molar-refractivity contribution in [1.82, 2.24) is 4.57 Å². The van der Waals surface area contributed by atoms with Gasteiger partial charge in [0.2, 0.25) is 0 Å². The van der Waals surface area contributed by atoms with Gasteiger partial charge >= 0.3 is 0 Å². The van der Waals surface area contributed by atoms with E-state index in [2.05, 4.69) is 91.0 Å². The van der Waals surface area contributed by atoms with Crippen LogP contribution in [-0.2, 0) is 45.6 Å². The summed E-state index contributed by atoms with van der Waals surface area (Å²) in [5.41, 5.74) is 16.4. The van der Waals surface area contributed by atoms with E-state index in [4.69, 9.17) is 33.2 Å². The normalized spacial score (nSPS) is 14.0. The van der Waals surface area contributed by atoms with E-state index in [1.807, 2.05) is 144 Å². The van der Waals surface area contributed by atoms with Gasteiger partial charge < -0.3 is 37.7 Å². The second kappa shape index (κ2) is 35.7. The lowest BCUT2D eigenvalue weighted by Gasteiger charge is -2.23. The number of nitrogens with zero attached hydrogens (tertiary/aromatic N) is 2. The number of halogens is 7. The van der Waals surface area contributed by atoms with Gasteiger partial charge in [0.15, 0.2) is 57.9 Å². The van der Waals surface area contributed by atoms with E-state index < -0.39 is 34.5 Å². The van der Waals surface area contributed by atoms with Crippen molar-refractivity contribution in [2.75, 3.05) is 0 Å². The maximum atomic E-state index is 14.2. The number of aryl methyl sites for hydroxylation is 1. The Morgan fingerprint density at radius 1 is 0.409 bits per heavy atom. The summed E-state index contributed by atoms with van der Waals surface area (Å²) in [5, 5.41) is 9.92. The van der Waals surface area contributed by atoms with Crippen LogP contribution in [0.15, 0.2) is 114 Å². The summed E-state index contributed by atoms with van der Waals surface area (Å²) < 4.78 is 139. The second-order valence-corrected chi connectivity index (χ2v) is 37.0. The molecule has 0 saturated heterocycles. The van der Waals surface area contributed by atoms with E-state index >= 15 is 0 Å². The van der Waals surface area contributed by atoms with Gasteiger partial charge in [-0.3, -0.25) is 0 Å². The van der Waals surface area contributed by atoms with Crippen LogP contribution in [0.25, 0.3) is 46.9 Å². The minimum absolute atomic E-state index is 0.0182. The van der Waals surface area contributed by atoms with E-state index in [-0.39, 0.29) is 57.0 Å². The molecule has 7 aromatic carbocycles. The quantitative estimate of drug-likeness (QED) is 0.139. The van der Waals surface area contributed by atoms with E-state index in [9.17, 15) is 36.0 Å². The highest BCUT2D eigenvalue weighted by molar-refractivity contribution is 5.84. The first-order valence-corrected chi connectivity index (χ1v) is 39.6. The first-order valence-electron chi connectivity index (χ1n) is 39.6. The van der Waals surface area contributed by atoms with Crippen molar-refractivity contribution in [3.8, 4) is 46.3 Å². The van der Waals surface area contributed by atoms with Gasteiger partial charge in [0.25, 0.3) is 0 Å². The number of benzene rings is 7.